The van der Waals surface area contributed by atoms with Gasteiger partial charge >= 0.3 is 5.97 Å². The van der Waals surface area contributed by atoms with Crippen LogP contribution in [0.4, 0.5) is 0 Å². The highest BCUT2D eigenvalue weighted by molar-refractivity contribution is 5.99. The number of esters is 1. The van der Waals surface area contributed by atoms with Gasteiger partial charge < -0.3 is 14.0 Å². The van der Waals surface area contributed by atoms with E-state index in [0.717, 1.165) is 11.4 Å². The minimum atomic E-state index is -0.588. The minimum absolute atomic E-state index is 0.0821. The monoisotopic (exact) mass is 411 g/mol. The van der Waals surface area contributed by atoms with Gasteiger partial charge in [-0.15, -0.1) is 0 Å². The SMILES string of the molecule is COCC(C)n1c(C)cc(C(=O)COC(=O)Cc2n[nH]c(=O)c3ccccc23)c1C. The van der Waals surface area contributed by atoms with E-state index >= 15 is 0 Å². The molecule has 0 aliphatic rings. The molecule has 0 saturated heterocycles. The van der Waals surface area contributed by atoms with Crippen molar-refractivity contribution in [1.29, 1.82) is 0 Å². The van der Waals surface area contributed by atoms with Gasteiger partial charge in [0.1, 0.15) is 0 Å². The number of methoxy groups -OCH3 is 1. The molecule has 3 rings (SSSR count). The third-order valence-corrected chi connectivity index (χ3v) is 5.08. The first-order valence-corrected chi connectivity index (χ1v) is 9.66. The van der Waals surface area contributed by atoms with E-state index < -0.39 is 5.97 Å². The van der Waals surface area contributed by atoms with Crippen molar-refractivity contribution in [3.63, 3.8) is 0 Å². The number of nitrogens with zero attached hydrogens (tertiary/aromatic N) is 2. The van der Waals surface area contributed by atoms with Gasteiger partial charge in [-0.1, -0.05) is 18.2 Å². The van der Waals surface area contributed by atoms with Crippen molar-refractivity contribution in [3.05, 3.63) is 63.3 Å². The molecule has 1 N–H and O–H groups in total. The summed E-state index contributed by atoms with van der Waals surface area (Å²) in [5.74, 6) is -0.860. The lowest BCUT2D eigenvalue weighted by Gasteiger charge is -2.17. The molecule has 8 nitrogen and oxygen atoms in total. The molecule has 8 heteroatoms. The summed E-state index contributed by atoms with van der Waals surface area (Å²) in [6.07, 6.45) is -0.144. The lowest BCUT2D eigenvalue weighted by Crippen LogP contribution is -2.19. The predicted molar refractivity (Wildman–Crippen MR) is 112 cm³/mol. The number of hydrogen-bond donors (Lipinski definition) is 1. The normalized spacial score (nSPS) is 12.1. The molecular weight excluding hydrogens is 386 g/mol. The summed E-state index contributed by atoms with van der Waals surface area (Å²) in [7, 11) is 1.64. The molecule has 30 heavy (non-hydrogen) atoms. The maximum atomic E-state index is 12.6. The molecule has 2 heterocycles. The number of rotatable bonds is 8. The number of H-pyrrole nitrogens is 1. The first kappa shape index (κ1) is 21.4. The molecule has 0 aliphatic carbocycles. The first-order chi connectivity index (χ1) is 14.3. The summed E-state index contributed by atoms with van der Waals surface area (Å²) in [5, 5.41) is 7.37. The molecule has 0 spiro atoms. The van der Waals surface area contributed by atoms with E-state index in [9.17, 15) is 14.4 Å². The molecule has 0 bridgehead atoms. The highest BCUT2D eigenvalue weighted by Crippen LogP contribution is 2.21. The first-order valence-electron chi connectivity index (χ1n) is 9.66. The third-order valence-electron chi connectivity index (χ3n) is 5.08. The maximum absolute atomic E-state index is 12.6. The van der Waals surface area contributed by atoms with Gasteiger partial charge in [-0.3, -0.25) is 14.4 Å². The van der Waals surface area contributed by atoms with Crippen LogP contribution in [0.2, 0.25) is 0 Å². The summed E-state index contributed by atoms with van der Waals surface area (Å²) in [5.41, 5.74) is 2.35. The maximum Gasteiger partial charge on any atom is 0.312 e. The van der Waals surface area contributed by atoms with E-state index in [1.54, 1.807) is 37.4 Å². The van der Waals surface area contributed by atoms with Gasteiger partial charge in [-0.05, 0) is 32.9 Å². The molecular formula is C22H25N3O5. The van der Waals surface area contributed by atoms with Gasteiger partial charge in [-0.2, -0.15) is 5.10 Å². The van der Waals surface area contributed by atoms with E-state index in [-0.39, 0.29) is 30.4 Å². The van der Waals surface area contributed by atoms with E-state index in [4.69, 9.17) is 9.47 Å². The number of carbonyl (C=O) groups is 2. The van der Waals surface area contributed by atoms with E-state index in [0.29, 0.717) is 28.6 Å². The van der Waals surface area contributed by atoms with Gasteiger partial charge in [0.05, 0.1) is 30.1 Å². The van der Waals surface area contributed by atoms with Gasteiger partial charge in [0.25, 0.3) is 5.56 Å². The second kappa shape index (κ2) is 9.04. The van der Waals surface area contributed by atoms with Gasteiger partial charge in [0.2, 0.25) is 5.78 Å². The van der Waals surface area contributed by atoms with E-state index in [2.05, 4.69) is 10.2 Å². The molecule has 3 aromatic rings. The molecule has 2 aromatic heterocycles. The quantitative estimate of drug-likeness (QED) is 0.451. The summed E-state index contributed by atoms with van der Waals surface area (Å²) < 4.78 is 12.4. The number of fused-ring (bicyclic) bond motifs is 1. The Balaban J connectivity index is 1.69. The minimum Gasteiger partial charge on any atom is -0.457 e. The Morgan fingerprint density at radius 2 is 1.90 bits per heavy atom. The molecule has 0 aliphatic heterocycles. The number of aromatic amines is 1. The van der Waals surface area contributed by atoms with Crippen LogP contribution in [0.5, 0.6) is 0 Å². The summed E-state index contributed by atoms with van der Waals surface area (Å²) in [6.45, 7) is 5.97. The molecule has 0 fully saturated rings. The number of Topliss-reactive ketones (excluding diaryl/α,β-unsaturated/α-hetero) is 1. The highest BCUT2D eigenvalue weighted by atomic mass is 16.5. The fraction of sp³-hybridized carbons (Fsp3) is 0.364. The second-order valence-electron chi connectivity index (χ2n) is 7.26. The van der Waals surface area contributed by atoms with Crippen LogP contribution >= 0.6 is 0 Å². The van der Waals surface area contributed by atoms with Crippen molar-refractivity contribution in [2.75, 3.05) is 20.3 Å². The molecule has 0 saturated carbocycles. The summed E-state index contributed by atoms with van der Waals surface area (Å²) in [6, 6.07) is 8.77. The average Bonchev–Trinajstić information content (AvgIpc) is 3.03. The van der Waals surface area contributed by atoms with Crippen LogP contribution < -0.4 is 5.56 Å². The van der Waals surface area contributed by atoms with Crippen molar-refractivity contribution in [1.82, 2.24) is 14.8 Å². The Bertz CT molecular complexity index is 1150. The van der Waals surface area contributed by atoms with Crippen LogP contribution in [-0.2, 0) is 20.7 Å². The van der Waals surface area contributed by atoms with Crippen molar-refractivity contribution in [3.8, 4) is 0 Å². The predicted octanol–water partition coefficient (Wildman–Crippen LogP) is 2.52. The van der Waals surface area contributed by atoms with Gasteiger partial charge in [-0.25, -0.2) is 5.10 Å². The van der Waals surface area contributed by atoms with Crippen molar-refractivity contribution in [2.24, 2.45) is 0 Å². The fourth-order valence-electron chi connectivity index (χ4n) is 3.77. The molecule has 1 unspecified atom stereocenters. The topological polar surface area (TPSA) is 103 Å². The van der Waals surface area contributed by atoms with Crippen LogP contribution in [0.3, 0.4) is 0 Å². The smallest absolute Gasteiger partial charge is 0.312 e. The number of hydrogen-bond acceptors (Lipinski definition) is 6. The third kappa shape index (κ3) is 4.33. The standard InChI is InChI=1S/C22H25N3O5/c1-13-9-18(15(3)25(13)14(2)11-29-4)20(26)12-30-21(27)10-19-16-7-5-6-8-17(16)22(28)24-23-19/h5-9,14H,10-12H2,1-4H3,(H,24,28). The van der Waals surface area contributed by atoms with Crippen LogP contribution in [-0.4, -0.2) is 46.8 Å². The average molecular weight is 411 g/mol. The number of benzene rings is 1. The molecule has 1 aromatic carbocycles. The largest absolute Gasteiger partial charge is 0.457 e. The number of ether oxygens (including phenoxy) is 2. The molecule has 1 atom stereocenters. The Morgan fingerprint density at radius 1 is 1.20 bits per heavy atom. The molecule has 158 valence electrons. The summed E-state index contributed by atoms with van der Waals surface area (Å²) >= 11 is 0. The van der Waals surface area contributed by atoms with Crippen molar-refractivity contribution < 1.29 is 19.1 Å². The zero-order chi connectivity index (χ0) is 21.8. The van der Waals surface area contributed by atoms with E-state index in [1.165, 1.54) is 0 Å². The lowest BCUT2D eigenvalue weighted by molar-refractivity contribution is -0.141. The molecule has 0 radical (unpaired) electrons. The van der Waals surface area contributed by atoms with Crippen LogP contribution in [0.15, 0.2) is 35.1 Å². The second-order valence-corrected chi connectivity index (χ2v) is 7.26. The van der Waals surface area contributed by atoms with Crippen LogP contribution in [0.1, 0.15) is 40.4 Å². The number of aromatic nitrogens is 3. The van der Waals surface area contributed by atoms with Crippen LogP contribution in [0, 0.1) is 13.8 Å². The Kier molecular flexibility index (Phi) is 6.47. The Hall–Kier alpha value is -3.26. The zero-order valence-electron chi connectivity index (χ0n) is 17.5. The number of aryl methyl sites for hydroxylation is 1. The summed E-state index contributed by atoms with van der Waals surface area (Å²) in [4.78, 5) is 36.8. The van der Waals surface area contributed by atoms with Crippen LogP contribution in [0.25, 0.3) is 10.8 Å². The van der Waals surface area contributed by atoms with E-state index in [1.807, 2.05) is 25.3 Å². The van der Waals surface area contributed by atoms with Crippen molar-refractivity contribution >= 4 is 22.5 Å². The zero-order valence-corrected chi connectivity index (χ0v) is 17.5. The van der Waals surface area contributed by atoms with Gasteiger partial charge in [0, 0.05) is 29.4 Å². The highest BCUT2D eigenvalue weighted by Gasteiger charge is 2.20. The molecule has 0 amide bonds. The number of ketones is 1. The number of carbonyl (C=O) groups excluding carboxylic acids is 2. The number of nitrogens with one attached hydrogen (secondary N) is 1. The Morgan fingerprint density at radius 3 is 2.60 bits per heavy atom. The fourth-order valence-corrected chi connectivity index (χ4v) is 3.77. The van der Waals surface area contributed by atoms with Crippen molar-refractivity contribution in [2.45, 2.75) is 33.2 Å². The van der Waals surface area contributed by atoms with Gasteiger partial charge in [0.15, 0.2) is 6.61 Å². The Labute approximate surface area is 173 Å². The lowest BCUT2D eigenvalue weighted by atomic mass is 10.1.